The van der Waals surface area contributed by atoms with E-state index in [0.29, 0.717) is 52.0 Å². The predicted molar refractivity (Wildman–Crippen MR) is 121 cm³/mol. The Kier molecular flexibility index (Phi) is 6.03. The Morgan fingerprint density at radius 1 is 1.21 bits per heavy atom. The quantitative estimate of drug-likeness (QED) is 0.263. The second-order valence-electron chi connectivity index (χ2n) is 7.74. The molecule has 0 aliphatic carbocycles. The number of benzene rings is 2. The van der Waals surface area contributed by atoms with Crippen molar-refractivity contribution in [3.8, 4) is 17.2 Å². The summed E-state index contributed by atoms with van der Waals surface area (Å²) < 4.78 is 27.2. The Balaban J connectivity index is 1.35. The van der Waals surface area contributed by atoms with E-state index in [2.05, 4.69) is 5.16 Å². The lowest BCUT2D eigenvalue weighted by Gasteiger charge is -2.20. The number of nitrogens with zero attached hydrogens (tertiary/aromatic N) is 1. The van der Waals surface area contributed by atoms with Crippen LogP contribution in [0.1, 0.15) is 39.2 Å². The van der Waals surface area contributed by atoms with Crippen molar-refractivity contribution in [2.24, 2.45) is 0 Å². The van der Waals surface area contributed by atoms with Crippen LogP contribution < -0.4 is 14.2 Å². The van der Waals surface area contributed by atoms with E-state index in [-0.39, 0.29) is 35.7 Å². The summed E-state index contributed by atoms with van der Waals surface area (Å²) in [7, 11) is 0. The van der Waals surface area contributed by atoms with Gasteiger partial charge in [0.15, 0.2) is 17.7 Å². The number of aryl methyl sites for hydroxylation is 2. The minimum absolute atomic E-state index is 0.0657. The zero-order valence-electron chi connectivity index (χ0n) is 17.9. The van der Waals surface area contributed by atoms with Crippen LogP contribution in [0.2, 0.25) is 10.2 Å². The fourth-order valence-corrected chi connectivity index (χ4v) is 4.21. The van der Waals surface area contributed by atoms with Crippen LogP contribution in [0.3, 0.4) is 0 Å². The molecule has 10 heteroatoms. The van der Waals surface area contributed by atoms with Gasteiger partial charge in [0, 0.05) is 34.7 Å². The largest absolute Gasteiger partial charge is 0.467 e. The molecule has 2 aromatic carbocycles. The fourth-order valence-electron chi connectivity index (χ4n) is 3.81. The third-order valence-corrected chi connectivity index (χ3v) is 5.67. The van der Waals surface area contributed by atoms with E-state index in [0.717, 1.165) is 5.56 Å². The van der Waals surface area contributed by atoms with Gasteiger partial charge in [0.25, 0.3) is 0 Å². The molecule has 8 nitrogen and oxygen atoms in total. The number of allylic oxidation sites excluding steroid dienone is 1. The number of halogens is 2. The Bertz CT molecular complexity index is 1350. The van der Waals surface area contributed by atoms with E-state index >= 15 is 0 Å². The first-order valence-corrected chi connectivity index (χ1v) is 11.1. The number of ether oxygens (including phenoxy) is 4. The number of fused-ring (bicyclic) bond motifs is 2. The Hall–Kier alpha value is -3.33. The fraction of sp³-hybridized carbons (Fsp3) is 0.208. The maximum absolute atomic E-state index is 13.0. The van der Waals surface area contributed by atoms with Gasteiger partial charge in [-0.3, -0.25) is 9.59 Å². The first-order chi connectivity index (χ1) is 16.4. The van der Waals surface area contributed by atoms with E-state index in [9.17, 15) is 9.59 Å². The SMILES string of the molecule is Cc1cc(OC(=O)CCc2cc(Cl)no2)cc2c1C(=O)/C(=C/c1cc(Cl)cc3c1OCOC3)O2. The van der Waals surface area contributed by atoms with Crippen LogP contribution in [-0.4, -0.2) is 23.7 Å². The van der Waals surface area contributed by atoms with Gasteiger partial charge in [-0.25, -0.2) is 0 Å². The second kappa shape index (κ2) is 9.13. The summed E-state index contributed by atoms with van der Waals surface area (Å²) >= 11 is 11.9. The van der Waals surface area contributed by atoms with Crippen LogP contribution in [0.25, 0.3) is 6.08 Å². The number of hydrogen-bond donors (Lipinski definition) is 0. The van der Waals surface area contributed by atoms with E-state index < -0.39 is 5.97 Å². The molecule has 0 atom stereocenters. The Morgan fingerprint density at radius 2 is 2.06 bits per heavy atom. The summed E-state index contributed by atoms with van der Waals surface area (Å²) in [6.45, 7) is 2.22. The van der Waals surface area contributed by atoms with Crippen molar-refractivity contribution >= 4 is 41.0 Å². The van der Waals surface area contributed by atoms with Gasteiger partial charge in [0.2, 0.25) is 5.78 Å². The molecule has 5 rings (SSSR count). The van der Waals surface area contributed by atoms with Gasteiger partial charge >= 0.3 is 5.97 Å². The smallest absolute Gasteiger partial charge is 0.311 e. The first kappa shape index (κ1) is 22.5. The molecule has 34 heavy (non-hydrogen) atoms. The number of Topliss-reactive ketones (excluding diaryl/α,β-unsaturated/α-hetero) is 1. The molecule has 2 aliphatic rings. The number of aromatic nitrogens is 1. The lowest BCUT2D eigenvalue weighted by Crippen LogP contribution is -2.12. The highest BCUT2D eigenvalue weighted by Crippen LogP contribution is 2.39. The Labute approximate surface area is 203 Å². The van der Waals surface area contributed by atoms with Crippen LogP contribution in [0.15, 0.2) is 40.6 Å². The molecule has 0 spiro atoms. The number of esters is 1. The molecule has 2 aliphatic heterocycles. The van der Waals surface area contributed by atoms with Gasteiger partial charge < -0.3 is 23.5 Å². The topological polar surface area (TPSA) is 97.1 Å². The van der Waals surface area contributed by atoms with Crippen LogP contribution in [0.5, 0.6) is 17.2 Å². The molecule has 174 valence electrons. The van der Waals surface area contributed by atoms with Crippen molar-refractivity contribution in [2.75, 3.05) is 6.79 Å². The lowest BCUT2D eigenvalue weighted by molar-refractivity contribution is -0.134. The van der Waals surface area contributed by atoms with E-state index in [1.54, 1.807) is 31.2 Å². The zero-order chi connectivity index (χ0) is 23.8. The molecule has 3 aromatic rings. The van der Waals surface area contributed by atoms with Crippen LogP contribution >= 0.6 is 23.2 Å². The van der Waals surface area contributed by atoms with Crippen molar-refractivity contribution < 1.29 is 33.1 Å². The third kappa shape index (κ3) is 4.52. The van der Waals surface area contributed by atoms with Gasteiger partial charge in [-0.1, -0.05) is 28.4 Å². The monoisotopic (exact) mass is 501 g/mol. The molecule has 0 N–H and O–H groups in total. The average Bonchev–Trinajstić information content (AvgIpc) is 3.35. The van der Waals surface area contributed by atoms with E-state index in [4.69, 9.17) is 46.7 Å². The van der Waals surface area contributed by atoms with Gasteiger partial charge in [-0.05, 0) is 36.8 Å². The molecule has 0 unspecified atom stereocenters. The minimum Gasteiger partial charge on any atom is -0.467 e. The third-order valence-electron chi connectivity index (χ3n) is 5.27. The maximum Gasteiger partial charge on any atom is 0.311 e. The van der Waals surface area contributed by atoms with E-state index in [1.165, 1.54) is 12.1 Å². The van der Waals surface area contributed by atoms with Crippen molar-refractivity contribution in [3.05, 3.63) is 74.3 Å². The molecule has 0 saturated heterocycles. The van der Waals surface area contributed by atoms with Gasteiger partial charge in [-0.2, -0.15) is 0 Å². The summed E-state index contributed by atoms with van der Waals surface area (Å²) in [5.41, 5.74) is 2.42. The zero-order valence-corrected chi connectivity index (χ0v) is 19.4. The van der Waals surface area contributed by atoms with Crippen LogP contribution in [-0.2, 0) is 22.6 Å². The molecule has 0 bridgehead atoms. The molecule has 0 amide bonds. The highest BCUT2D eigenvalue weighted by Gasteiger charge is 2.31. The van der Waals surface area contributed by atoms with Crippen molar-refractivity contribution in [3.63, 3.8) is 0 Å². The molecular formula is C24H17Cl2NO7. The van der Waals surface area contributed by atoms with Crippen LogP contribution in [0, 0.1) is 6.92 Å². The van der Waals surface area contributed by atoms with Crippen molar-refractivity contribution in [1.29, 1.82) is 0 Å². The number of carbonyl (C=O) groups excluding carboxylic acids is 2. The normalized spacial score (nSPS) is 15.5. The summed E-state index contributed by atoms with van der Waals surface area (Å²) in [6.07, 6.45) is 1.95. The molecule has 0 saturated carbocycles. The Morgan fingerprint density at radius 3 is 2.85 bits per heavy atom. The summed E-state index contributed by atoms with van der Waals surface area (Å²) in [6, 6.07) is 8.12. The number of ketones is 1. The highest BCUT2D eigenvalue weighted by molar-refractivity contribution is 6.31. The minimum atomic E-state index is -0.475. The van der Waals surface area contributed by atoms with Gasteiger partial charge in [0.1, 0.15) is 23.0 Å². The summed E-state index contributed by atoms with van der Waals surface area (Å²) in [5, 5.41) is 4.28. The van der Waals surface area contributed by atoms with Crippen molar-refractivity contribution in [2.45, 2.75) is 26.4 Å². The van der Waals surface area contributed by atoms with Gasteiger partial charge in [-0.15, -0.1) is 0 Å². The maximum atomic E-state index is 13.0. The standard InChI is InChI=1S/C24H17Cl2NO7/c1-12-4-17(32-21(28)3-2-16-9-20(26)27-34-16)8-18-22(12)23(29)19(33-18)7-13-5-15(25)6-14-10-30-11-31-24(13)14/h4-9H,2-3,10-11H2,1H3/b19-7-. The van der Waals surface area contributed by atoms with Crippen LogP contribution in [0.4, 0.5) is 0 Å². The summed E-state index contributed by atoms with van der Waals surface area (Å²) in [5.74, 6) is 1.01. The first-order valence-electron chi connectivity index (χ1n) is 10.3. The highest BCUT2D eigenvalue weighted by atomic mass is 35.5. The van der Waals surface area contributed by atoms with Gasteiger partial charge in [0.05, 0.1) is 18.6 Å². The average molecular weight is 502 g/mol. The number of carbonyl (C=O) groups is 2. The molecular weight excluding hydrogens is 485 g/mol. The summed E-state index contributed by atoms with van der Waals surface area (Å²) in [4.78, 5) is 25.3. The molecule has 1 aromatic heterocycles. The molecule has 0 fully saturated rings. The molecule has 0 radical (unpaired) electrons. The number of rotatable bonds is 5. The predicted octanol–water partition coefficient (Wildman–Crippen LogP) is 5.31. The van der Waals surface area contributed by atoms with E-state index in [1.807, 2.05) is 0 Å². The second-order valence-corrected chi connectivity index (χ2v) is 8.56. The lowest BCUT2D eigenvalue weighted by atomic mass is 10.0. The van der Waals surface area contributed by atoms with Crippen molar-refractivity contribution in [1.82, 2.24) is 5.16 Å². The molecule has 3 heterocycles. The number of hydrogen-bond acceptors (Lipinski definition) is 8.